The SMILES string of the molecule is CCOP(=O)(OCC)C(/N=C/C(C)(C)C(C(=O)OC)C(=O)OC)c1cccc(F)c1. The van der Waals surface area contributed by atoms with Crippen LogP contribution in [-0.4, -0.2) is 45.6 Å². The number of ether oxygens (including phenoxy) is 2. The van der Waals surface area contributed by atoms with Gasteiger partial charge in [-0.05, 0) is 31.5 Å². The number of aliphatic imine (C=N–C) groups is 1. The van der Waals surface area contributed by atoms with E-state index in [4.69, 9.17) is 18.5 Å². The highest BCUT2D eigenvalue weighted by molar-refractivity contribution is 7.54. The Morgan fingerprint density at radius 3 is 2.10 bits per heavy atom. The van der Waals surface area contributed by atoms with Crippen LogP contribution in [-0.2, 0) is 32.7 Å². The molecule has 10 heteroatoms. The molecule has 0 aliphatic carbocycles. The molecule has 1 rings (SSSR count). The van der Waals surface area contributed by atoms with Crippen molar-refractivity contribution in [3.63, 3.8) is 0 Å². The third-order valence-corrected chi connectivity index (χ3v) is 6.50. The fourth-order valence-corrected chi connectivity index (χ4v) is 4.66. The molecule has 1 aromatic carbocycles. The fourth-order valence-electron chi connectivity index (χ4n) is 2.83. The van der Waals surface area contributed by atoms with Gasteiger partial charge in [-0.1, -0.05) is 26.0 Å². The maximum atomic E-state index is 13.8. The summed E-state index contributed by atoms with van der Waals surface area (Å²) < 4.78 is 47.5. The van der Waals surface area contributed by atoms with Gasteiger partial charge in [-0.3, -0.25) is 19.1 Å². The number of nitrogens with zero attached hydrogens (tertiary/aromatic N) is 1. The number of benzene rings is 1. The molecule has 0 aliphatic heterocycles. The summed E-state index contributed by atoms with van der Waals surface area (Å²) in [7, 11) is -1.54. The quantitative estimate of drug-likeness (QED) is 0.218. The predicted octanol–water partition coefficient (Wildman–Crippen LogP) is 4.15. The van der Waals surface area contributed by atoms with Gasteiger partial charge in [0.2, 0.25) is 0 Å². The zero-order valence-corrected chi connectivity index (χ0v) is 19.0. The van der Waals surface area contributed by atoms with Crippen LogP contribution in [0.1, 0.15) is 39.0 Å². The van der Waals surface area contributed by atoms with Crippen molar-refractivity contribution < 1.29 is 37.1 Å². The Kier molecular flexibility index (Phi) is 9.81. The number of carbonyl (C=O) groups is 2. The zero-order valence-electron chi connectivity index (χ0n) is 18.1. The minimum absolute atomic E-state index is 0.0783. The molecule has 0 N–H and O–H groups in total. The second kappa shape index (κ2) is 11.3. The van der Waals surface area contributed by atoms with Crippen LogP contribution < -0.4 is 0 Å². The molecule has 0 saturated heterocycles. The lowest BCUT2D eigenvalue weighted by atomic mass is 9.79. The van der Waals surface area contributed by atoms with Gasteiger partial charge in [0.1, 0.15) is 5.82 Å². The molecule has 0 saturated carbocycles. The van der Waals surface area contributed by atoms with E-state index in [2.05, 4.69) is 4.99 Å². The van der Waals surface area contributed by atoms with Crippen LogP contribution in [0.4, 0.5) is 4.39 Å². The standard InChI is InChI=1S/C20H29FNO7P/c1-7-28-30(25,29-8-2)17(14-10-9-11-15(21)12-14)22-13-20(3,4)16(18(23)26-5)19(24)27-6/h9-13,16-17H,7-8H2,1-6H3/b22-13+. The molecule has 0 spiro atoms. The van der Waals surface area contributed by atoms with Gasteiger partial charge in [-0.25, -0.2) is 4.39 Å². The van der Waals surface area contributed by atoms with Crippen molar-refractivity contribution in [1.82, 2.24) is 0 Å². The van der Waals surface area contributed by atoms with Gasteiger partial charge >= 0.3 is 19.5 Å². The van der Waals surface area contributed by atoms with E-state index in [0.29, 0.717) is 0 Å². The van der Waals surface area contributed by atoms with Gasteiger partial charge in [-0.15, -0.1) is 0 Å². The van der Waals surface area contributed by atoms with E-state index in [1.165, 1.54) is 24.4 Å². The van der Waals surface area contributed by atoms with E-state index in [1.54, 1.807) is 33.8 Å². The highest BCUT2D eigenvalue weighted by Crippen LogP contribution is 2.61. The first kappa shape index (κ1) is 25.9. The topological polar surface area (TPSA) is 100 Å². The summed E-state index contributed by atoms with van der Waals surface area (Å²) >= 11 is 0. The second-order valence-electron chi connectivity index (χ2n) is 6.88. The average Bonchev–Trinajstić information content (AvgIpc) is 2.68. The Hall–Kier alpha value is -2.09. The van der Waals surface area contributed by atoms with Gasteiger partial charge in [0.25, 0.3) is 0 Å². The van der Waals surface area contributed by atoms with Crippen molar-refractivity contribution in [3.05, 3.63) is 35.6 Å². The lowest BCUT2D eigenvalue weighted by Crippen LogP contribution is -2.40. The summed E-state index contributed by atoms with van der Waals surface area (Å²) in [6.45, 7) is 6.59. The highest BCUT2D eigenvalue weighted by atomic mass is 31.2. The maximum Gasteiger partial charge on any atom is 0.359 e. The van der Waals surface area contributed by atoms with Gasteiger partial charge in [0, 0.05) is 11.6 Å². The zero-order chi connectivity index (χ0) is 22.9. The van der Waals surface area contributed by atoms with E-state index in [9.17, 15) is 18.5 Å². The molecule has 0 heterocycles. The Bertz CT molecular complexity index is 786. The molecule has 0 amide bonds. The molecule has 0 aromatic heterocycles. The van der Waals surface area contributed by atoms with Crippen LogP contribution in [0, 0.1) is 17.2 Å². The van der Waals surface area contributed by atoms with Crippen molar-refractivity contribution in [2.24, 2.45) is 16.3 Å². The van der Waals surface area contributed by atoms with E-state index < -0.39 is 42.5 Å². The van der Waals surface area contributed by atoms with Gasteiger partial charge in [0.05, 0.1) is 27.4 Å². The number of halogens is 1. The Labute approximate surface area is 176 Å². The molecule has 1 atom stereocenters. The summed E-state index contributed by atoms with van der Waals surface area (Å²) in [5.74, 6) is -4.68. The molecular formula is C20H29FNO7P. The summed E-state index contributed by atoms with van der Waals surface area (Å²) in [5, 5.41) is 0. The fraction of sp³-hybridized carbons (Fsp3) is 0.550. The highest BCUT2D eigenvalue weighted by Gasteiger charge is 2.43. The lowest BCUT2D eigenvalue weighted by molar-refractivity contribution is -0.162. The first-order valence-corrected chi connectivity index (χ1v) is 11.0. The summed E-state index contributed by atoms with van der Waals surface area (Å²) in [6, 6.07) is 5.41. The smallest absolute Gasteiger partial charge is 0.359 e. The van der Waals surface area contributed by atoms with Gasteiger partial charge < -0.3 is 18.5 Å². The Balaban J connectivity index is 3.50. The van der Waals surface area contributed by atoms with Crippen LogP contribution in [0.15, 0.2) is 29.3 Å². The first-order valence-electron chi connectivity index (χ1n) is 9.40. The molecule has 0 bridgehead atoms. The molecule has 0 radical (unpaired) electrons. The summed E-state index contributed by atoms with van der Waals surface area (Å²) in [4.78, 5) is 28.7. The molecule has 168 valence electrons. The minimum Gasteiger partial charge on any atom is -0.468 e. The summed E-state index contributed by atoms with van der Waals surface area (Å²) in [6.07, 6.45) is 1.30. The Morgan fingerprint density at radius 1 is 1.13 bits per heavy atom. The Morgan fingerprint density at radius 2 is 1.67 bits per heavy atom. The van der Waals surface area contributed by atoms with Crippen molar-refractivity contribution in [2.45, 2.75) is 33.5 Å². The van der Waals surface area contributed by atoms with E-state index in [-0.39, 0.29) is 18.8 Å². The molecule has 30 heavy (non-hydrogen) atoms. The average molecular weight is 445 g/mol. The molecule has 1 aromatic rings. The minimum atomic E-state index is -3.85. The molecular weight excluding hydrogens is 416 g/mol. The third-order valence-electron chi connectivity index (χ3n) is 4.23. The van der Waals surface area contributed by atoms with Gasteiger partial charge in [0.15, 0.2) is 11.7 Å². The number of hydrogen-bond donors (Lipinski definition) is 0. The number of esters is 2. The van der Waals surface area contributed by atoms with Crippen LogP contribution in [0.2, 0.25) is 0 Å². The van der Waals surface area contributed by atoms with E-state index >= 15 is 0 Å². The number of hydrogen-bond acceptors (Lipinski definition) is 8. The van der Waals surface area contributed by atoms with Crippen LogP contribution in [0.3, 0.4) is 0 Å². The van der Waals surface area contributed by atoms with Crippen molar-refractivity contribution in [1.29, 1.82) is 0 Å². The molecule has 0 aliphatic rings. The van der Waals surface area contributed by atoms with Crippen molar-refractivity contribution >= 4 is 25.7 Å². The summed E-state index contributed by atoms with van der Waals surface area (Å²) in [5.41, 5.74) is -0.922. The molecule has 8 nitrogen and oxygen atoms in total. The van der Waals surface area contributed by atoms with Gasteiger partial charge in [-0.2, -0.15) is 0 Å². The second-order valence-corrected chi connectivity index (χ2v) is 8.97. The monoisotopic (exact) mass is 445 g/mol. The van der Waals surface area contributed by atoms with E-state index in [1.807, 2.05) is 0 Å². The first-order chi connectivity index (χ1) is 14.1. The van der Waals surface area contributed by atoms with Crippen LogP contribution in [0.5, 0.6) is 0 Å². The van der Waals surface area contributed by atoms with E-state index in [0.717, 1.165) is 14.2 Å². The molecule has 1 unspecified atom stereocenters. The largest absolute Gasteiger partial charge is 0.468 e. The van der Waals surface area contributed by atoms with Crippen LogP contribution >= 0.6 is 7.60 Å². The maximum absolute atomic E-state index is 13.8. The number of methoxy groups -OCH3 is 2. The molecule has 0 fully saturated rings. The third kappa shape index (κ3) is 6.45. The number of rotatable bonds is 11. The van der Waals surface area contributed by atoms with Crippen LogP contribution in [0.25, 0.3) is 0 Å². The predicted molar refractivity (Wildman–Crippen MR) is 110 cm³/mol. The normalized spacial score (nSPS) is 13.5. The van der Waals surface area contributed by atoms with Crippen molar-refractivity contribution in [2.75, 3.05) is 27.4 Å². The number of carbonyl (C=O) groups excluding carboxylic acids is 2. The lowest BCUT2D eigenvalue weighted by Gasteiger charge is -2.28. The van der Waals surface area contributed by atoms with Crippen molar-refractivity contribution in [3.8, 4) is 0 Å².